The van der Waals surface area contributed by atoms with Gasteiger partial charge in [0.2, 0.25) is 15.9 Å². The van der Waals surface area contributed by atoms with Crippen LogP contribution in [-0.2, 0) is 27.8 Å². The molecule has 1 amide bonds. The van der Waals surface area contributed by atoms with Crippen molar-refractivity contribution in [1.82, 2.24) is 14.2 Å². The van der Waals surface area contributed by atoms with Gasteiger partial charge in [0, 0.05) is 49.4 Å². The highest BCUT2D eigenvalue weighted by atomic mass is 32.2. The Labute approximate surface area is 164 Å². The number of pyridine rings is 1. The molecule has 3 rings (SSSR count). The molecule has 8 heteroatoms. The first kappa shape index (κ1) is 20.0. The van der Waals surface area contributed by atoms with Crippen molar-refractivity contribution in [2.24, 2.45) is 5.92 Å². The third-order valence-electron chi connectivity index (χ3n) is 4.89. The summed E-state index contributed by atoms with van der Waals surface area (Å²) in [6.07, 6.45) is 6.72. The highest BCUT2D eigenvalue weighted by molar-refractivity contribution is 7.88. The number of amides is 1. The van der Waals surface area contributed by atoms with Crippen LogP contribution in [0, 0.1) is 5.92 Å². The monoisotopic (exact) mass is 407 g/mol. The van der Waals surface area contributed by atoms with Crippen LogP contribution in [0.15, 0.2) is 42.0 Å². The van der Waals surface area contributed by atoms with Crippen molar-refractivity contribution in [2.45, 2.75) is 25.8 Å². The van der Waals surface area contributed by atoms with E-state index in [-0.39, 0.29) is 11.8 Å². The van der Waals surface area contributed by atoms with Crippen molar-refractivity contribution in [3.05, 3.63) is 52.5 Å². The van der Waals surface area contributed by atoms with Gasteiger partial charge in [-0.3, -0.25) is 9.78 Å². The van der Waals surface area contributed by atoms with E-state index in [4.69, 9.17) is 0 Å². The quantitative estimate of drug-likeness (QED) is 0.707. The fourth-order valence-electron chi connectivity index (χ4n) is 3.37. The summed E-state index contributed by atoms with van der Waals surface area (Å²) >= 11 is 1.70. The van der Waals surface area contributed by atoms with E-state index < -0.39 is 10.0 Å². The summed E-state index contributed by atoms with van der Waals surface area (Å²) in [5.41, 5.74) is 1.01. The molecular formula is C19H25N3O3S2. The van der Waals surface area contributed by atoms with Gasteiger partial charge in [-0.05, 0) is 42.3 Å². The van der Waals surface area contributed by atoms with E-state index in [1.54, 1.807) is 23.7 Å². The SMILES string of the molecule is CS(=O)(=O)N1CCC(C(=O)N(CCc2cccs2)Cc2cccnc2)CC1. The minimum Gasteiger partial charge on any atom is -0.338 e. The number of hydrogen-bond donors (Lipinski definition) is 0. The normalized spacial score (nSPS) is 16.3. The van der Waals surface area contributed by atoms with Gasteiger partial charge >= 0.3 is 0 Å². The van der Waals surface area contributed by atoms with Crippen LogP contribution < -0.4 is 0 Å². The molecule has 1 aliphatic heterocycles. The number of carbonyl (C=O) groups excluding carboxylic acids is 1. The molecule has 6 nitrogen and oxygen atoms in total. The van der Waals surface area contributed by atoms with Crippen LogP contribution in [0.3, 0.4) is 0 Å². The zero-order valence-corrected chi connectivity index (χ0v) is 17.1. The Balaban J connectivity index is 1.66. The van der Waals surface area contributed by atoms with E-state index in [0.29, 0.717) is 39.0 Å². The molecule has 1 saturated heterocycles. The lowest BCUT2D eigenvalue weighted by Gasteiger charge is -2.33. The van der Waals surface area contributed by atoms with Crippen molar-refractivity contribution in [1.29, 1.82) is 0 Å². The molecule has 0 atom stereocenters. The molecule has 0 aliphatic carbocycles. The van der Waals surface area contributed by atoms with Gasteiger partial charge in [0.25, 0.3) is 0 Å². The molecule has 3 heterocycles. The second kappa shape index (κ2) is 8.95. The van der Waals surface area contributed by atoms with Gasteiger partial charge < -0.3 is 4.90 Å². The number of carbonyl (C=O) groups is 1. The lowest BCUT2D eigenvalue weighted by atomic mass is 9.96. The standard InChI is InChI=1S/C19H25N3O3S2/c1-27(24,25)22-11-6-17(7-12-22)19(23)21(10-8-18-5-3-13-26-18)15-16-4-2-9-20-14-16/h2-5,9,13-14,17H,6-8,10-12,15H2,1H3. The van der Waals surface area contributed by atoms with E-state index in [1.807, 2.05) is 28.5 Å². The molecule has 1 aliphatic rings. The summed E-state index contributed by atoms with van der Waals surface area (Å²) in [6, 6.07) is 7.96. The molecular weight excluding hydrogens is 382 g/mol. The van der Waals surface area contributed by atoms with E-state index in [0.717, 1.165) is 12.0 Å². The van der Waals surface area contributed by atoms with Crippen LogP contribution in [0.4, 0.5) is 0 Å². The summed E-state index contributed by atoms with van der Waals surface area (Å²) in [4.78, 5) is 20.5. The van der Waals surface area contributed by atoms with Crippen molar-refractivity contribution < 1.29 is 13.2 Å². The van der Waals surface area contributed by atoms with Gasteiger partial charge in [-0.2, -0.15) is 0 Å². The number of rotatable bonds is 7. The smallest absolute Gasteiger partial charge is 0.226 e. The van der Waals surface area contributed by atoms with Gasteiger partial charge in [0.15, 0.2) is 0 Å². The Morgan fingerprint density at radius 2 is 2.07 bits per heavy atom. The summed E-state index contributed by atoms with van der Waals surface area (Å²) in [6.45, 7) is 2.02. The fraction of sp³-hybridized carbons (Fsp3) is 0.474. The lowest BCUT2D eigenvalue weighted by molar-refractivity contribution is -0.137. The van der Waals surface area contributed by atoms with Crippen LogP contribution in [0.25, 0.3) is 0 Å². The summed E-state index contributed by atoms with van der Waals surface area (Å²) in [5, 5.41) is 2.05. The Hall–Kier alpha value is -1.77. The third kappa shape index (κ3) is 5.60. The van der Waals surface area contributed by atoms with Crippen LogP contribution in [-0.4, -0.2) is 54.4 Å². The first-order valence-corrected chi connectivity index (χ1v) is 11.8. The third-order valence-corrected chi connectivity index (χ3v) is 7.13. The molecule has 0 N–H and O–H groups in total. The maximum absolute atomic E-state index is 13.2. The molecule has 0 spiro atoms. The molecule has 0 saturated carbocycles. The van der Waals surface area contributed by atoms with Crippen molar-refractivity contribution in [3.8, 4) is 0 Å². The van der Waals surface area contributed by atoms with Crippen LogP contribution in [0.1, 0.15) is 23.3 Å². The van der Waals surface area contributed by atoms with Gasteiger partial charge in [0.1, 0.15) is 0 Å². The van der Waals surface area contributed by atoms with Crippen molar-refractivity contribution in [2.75, 3.05) is 25.9 Å². The molecule has 2 aromatic rings. The largest absolute Gasteiger partial charge is 0.338 e. The average Bonchev–Trinajstić information content (AvgIpc) is 3.18. The van der Waals surface area contributed by atoms with Crippen molar-refractivity contribution >= 4 is 27.3 Å². The maximum atomic E-state index is 13.2. The first-order chi connectivity index (χ1) is 12.9. The minimum atomic E-state index is -3.18. The van der Waals surface area contributed by atoms with Crippen LogP contribution in [0.2, 0.25) is 0 Å². The molecule has 2 aromatic heterocycles. The van der Waals surface area contributed by atoms with Gasteiger partial charge in [-0.15, -0.1) is 11.3 Å². The molecule has 0 aromatic carbocycles. The van der Waals surface area contributed by atoms with Crippen molar-refractivity contribution in [3.63, 3.8) is 0 Å². The fourth-order valence-corrected chi connectivity index (χ4v) is 4.94. The Morgan fingerprint density at radius 3 is 2.67 bits per heavy atom. The van der Waals surface area contributed by atoms with Gasteiger partial charge in [-0.1, -0.05) is 12.1 Å². The Morgan fingerprint density at radius 1 is 1.30 bits per heavy atom. The average molecular weight is 408 g/mol. The summed E-state index contributed by atoms with van der Waals surface area (Å²) in [7, 11) is -3.18. The zero-order valence-electron chi connectivity index (χ0n) is 15.5. The predicted octanol–water partition coefficient (Wildman–Crippen LogP) is 2.39. The number of thiophene rings is 1. The second-order valence-electron chi connectivity index (χ2n) is 6.89. The minimum absolute atomic E-state index is 0.114. The van der Waals surface area contributed by atoms with E-state index in [2.05, 4.69) is 11.1 Å². The maximum Gasteiger partial charge on any atom is 0.226 e. The first-order valence-electron chi connectivity index (χ1n) is 9.08. The van der Waals surface area contributed by atoms with Crippen LogP contribution >= 0.6 is 11.3 Å². The highest BCUT2D eigenvalue weighted by Gasteiger charge is 2.31. The number of hydrogen-bond acceptors (Lipinski definition) is 5. The predicted molar refractivity (Wildman–Crippen MR) is 107 cm³/mol. The molecule has 0 unspecified atom stereocenters. The highest BCUT2D eigenvalue weighted by Crippen LogP contribution is 2.23. The molecule has 27 heavy (non-hydrogen) atoms. The number of sulfonamides is 1. The van der Waals surface area contributed by atoms with Crippen LogP contribution in [0.5, 0.6) is 0 Å². The second-order valence-corrected chi connectivity index (χ2v) is 9.90. The topological polar surface area (TPSA) is 70.6 Å². The molecule has 0 radical (unpaired) electrons. The Kier molecular flexibility index (Phi) is 6.62. The van der Waals surface area contributed by atoms with E-state index >= 15 is 0 Å². The lowest BCUT2D eigenvalue weighted by Crippen LogP contribution is -2.44. The molecule has 1 fully saturated rings. The summed E-state index contributed by atoms with van der Waals surface area (Å²) < 4.78 is 24.9. The molecule has 0 bridgehead atoms. The van der Waals surface area contributed by atoms with E-state index in [1.165, 1.54) is 15.4 Å². The zero-order chi connectivity index (χ0) is 19.3. The number of piperidine rings is 1. The molecule has 146 valence electrons. The number of nitrogens with zero attached hydrogens (tertiary/aromatic N) is 3. The Bertz CT molecular complexity index is 830. The van der Waals surface area contributed by atoms with Gasteiger partial charge in [0.05, 0.1) is 6.26 Å². The summed E-state index contributed by atoms with van der Waals surface area (Å²) in [5.74, 6) is -0.00781. The van der Waals surface area contributed by atoms with E-state index in [9.17, 15) is 13.2 Å². The number of aromatic nitrogens is 1. The van der Waals surface area contributed by atoms with Gasteiger partial charge in [-0.25, -0.2) is 12.7 Å².